The van der Waals surface area contributed by atoms with Crippen LogP contribution in [0.3, 0.4) is 0 Å². The maximum atomic E-state index is 12.3. The largest absolute Gasteiger partial charge is 0.353 e. The smallest absolute Gasteiger partial charge is 0.239 e. The lowest BCUT2D eigenvalue weighted by atomic mass is 9.84. The van der Waals surface area contributed by atoms with Crippen molar-refractivity contribution in [1.29, 1.82) is 5.26 Å². The fourth-order valence-electron chi connectivity index (χ4n) is 3.06. The number of fused-ring (bicyclic) bond motifs is 1. The number of carbonyl (C=O) groups excluding carboxylic acids is 2. The van der Waals surface area contributed by atoms with Gasteiger partial charge in [0.1, 0.15) is 5.92 Å². The van der Waals surface area contributed by atoms with E-state index in [4.69, 9.17) is 5.26 Å². The lowest BCUT2D eigenvalue weighted by molar-refractivity contribution is -0.137. The van der Waals surface area contributed by atoms with E-state index in [1.54, 1.807) is 0 Å². The van der Waals surface area contributed by atoms with Crippen molar-refractivity contribution < 1.29 is 9.59 Å². The Balaban J connectivity index is 1.95. The van der Waals surface area contributed by atoms with E-state index in [0.29, 0.717) is 31.8 Å². The minimum atomic E-state index is -0.500. The number of nitrogens with zero attached hydrogens (tertiary/aromatic N) is 2. The third-order valence-electron chi connectivity index (χ3n) is 4.17. The minimum absolute atomic E-state index is 0.0281. The van der Waals surface area contributed by atoms with Gasteiger partial charge in [0.25, 0.3) is 0 Å². The zero-order valence-corrected chi connectivity index (χ0v) is 11.4. The molecule has 2 amide bonds. The summed E-state index contributed by atoms with van der Waals surface area (Å²) in [5, 5.41) is 12.1. The first-order valence-corrected chi connectivity index (χ1v) is 7.13. The van der Waals surface area contributed by atoms with Crippen LogP contribution in [0.1, 0.15) is 39.0 Å². The van der Waals surface area contributed by atoms with Gasteiger partial charge in [-0.1, -0.05) is 13.3 Å². The first-order chi connectivity index (χ1) is 9.15. The van der Waals surface area contributed by atoms with Crippen LogP contribution in [0.15, 0.2) is 0 Å². The molecule has 0 aromatic heterocycles. The lowest BCUT2D eigenvalue weighted by Crippen LogP contribution is -2.55. The molecule has 0 aromatic carbocycles. The van der Waals surface area contributed by atoms with Crippen molar-refractivity contribution in [2.75, 3.05) is 13.1 Å². The van der Waals surface area contributed by atoms with Crippen LogP contribution in [-0.4, -0.2) is 35.8 Å². The topological polar surface area (TPSA) is 73.2 Å². The van der Waals surface area contributed by atoms with Gasteiger partial charge >= 0.3 is 0 Å². The van der Waals surface area contributed by atoms with Crippen LogP contribution in [0.2, 0.25) is 0 Å². The monoisotopic (exact) mass is 263 g/mol. The zero-order chi connectivity index (χ0) is 13.8. The summed E-state index contributed by atoms with van der Waals surface area (Å²) in [6.45, 7) is 3.33. The Morgan fingerprint density at radius 3 is 3.05 bits per heavy atom. The van der Waals surface area contributed by atoms with Crippen LogP contribution in [0.4, 0.5) is 0 Å². The molecule has 0 radical (unpaired) electrons. The molecule has 19 heavy (non-hydrogen) atoms. The van der Waals surface area contributed by atoms with Gasteiger partial charge < -0.3 is 10.2 Å². The normalized spacial score (nSPS) is 28.0. The molecule has 5 nitrogen and oxygen atoms in total. The number of hydrogen-bond donors (Lipinski definition) is 1. The first-order valence-electron chi connectivity index (χ1n) is 7.13. The number of likely N-dealkylation sites (tertiary alicyclic amines) is 1. The Morgan fingerprint density at radius 2 is 2.37 bits per heavy atom. The molecule has 2 fully saturated rings. The molecule has 0 saturated carbocycles. The van der Waals surface area contributed by atoms with E-state index >= 15 is 0 Å². The van der Waals surface area contributed by atoms with Gasteiger partial charge in [-0.2, -0.15) is 5.26 Å². The van der Waals surface area contributed by atoms with Crippen molar-refractivity contribution in [3.8, 4) is 6.07 Å². The Bertz CT molecular complexity index is 402. The summed E-state index contributed by atoms with van der Waals surface area (Å²) >= 11 is 0. The van der Waals surface area contributed by atoms with Gasteiger partial charge in [0.2, 0.25) is 11.8 Å². The van der Waals surface area contributed by atoms with Crippen LogP contribution in [0, 0.1) is 23.2 Å². The van der Waals surface area contributed by atoms with Crippen molar-refractivity contribution >= 4 is 11.8 Å². The van der Waals surface area contributed by atoms with Crippen LogP contribution in [-0.2, 0) is 9.59 Å². The zero-order valence-electron chi connectivity index (χ0n) is 11.4. The molecule has 2 aliphatic rings. The van der Waals surface area contributed by atoms with Crippen molar-refractivity contribution in [3.63, 3.8) is 0 Å². The van der Waals surface area contributed by atoms with E-state index < -0.39 is 5.92 Å². The fourth-order valence-corrected chi connectivity index (χ4v) is 3.06. The molecule has 0 spiro atoms. The number of rotatable bonds is 3. The molecule has 1 N–H and O–H groups in total. The molecular formula is C14H21N3O2. The van der Waals surface area contributed by atoms with Gasteiger partial charge in [0, 0.05) is 25.6 Å². The first kappa shape index (κ1) is 13.9. The molecule has 0 bridgehead atoms. The van der Waals surface area contributed by atoms with Crippen LogP contribution in [0.25, 0.3) is 0 Å². The molecule has 104 valence electrons. The second kappa shape index (κ2) is 6.05. The Hall–Kier alpha value is -1.57. The molecule has 2 saturated heterocycles. The van der Waals surface area contributed by atoms with Gasteiger partial charge in [-0.05, 0) is 25.2 Å². The van der Waals surface area contributed by atoms with E-state index in [1.807, 2.05) is 11.8 Å². The molecule has 0 aromatic rings. The highest BCUT2D eigenvalue weighted by atomic mass is 16.2. The minimum Gasteiger partial charge on any atom is -0.353 e. The van der Waals surface area contributed by atoms with Crippen molar-refractivity contribution in [3.05, 3.63) is 0 Å². The second-order valence-corrected chi connectivity index (χ2v) is 5.52. The SMILES string of the molecule is CCCC(C#N)C(=O)N1CCC2NC(=O)CCC2C1. The predicted molar refractivity (Wildman–Crippen MR) is 69.9 cm³/mol. The molecule has 2 heterocycles. The summed E-state index contributed by atoms with van der Waals surface area (Å²) in [5.74, 6) is -0.0438. The van der Waals surface area contributed by atoms with Crippen LogP contribution < -0.4 is 5.32 Å². The van der Waals surface area contributed by atoms with Gasteiger partial charge in [-0.3, -0.25) is 9.59 Å². The highest BCUT2D eigenvalue weighted by Gasteiger charge is 2.36. The van der Waals surface area contributed by atoms with E-state index in [2.05, 4.69) is 11.4 Å². The molecule has 3 atom stereocenters. The van der Waals surface area contributed by atoms with E-state index in [-0.39, 0.29) is 17.9 Å². The number of carbonyl (C=O) groups is 2. The Morgan fingerprint density at radius 1 is 1.58 bits per heavy atom. The third kappa shape index (κ3) is 3.06. The van der Waals surface area contributed by atoms with E-state index in [0.717, 1.165) is 19.3 Å². The highest BCUT2D eigenvalue weighted by Crippen LogP contribution is 2.26. The summed E-state index contributed by atoms with van der Waals surface area (Å²) in [7, 11) is 0. The molecule has 2 rings (SSSR count). The number of piperidine rings is 2. The summed E-state index contributed by atoms with van der Waals surface area (Å²) in [4.78, 5) is 25.4. The number of hydrogen-bond acceptors (Lipinski definition) is 3. The molecule has 2 aliphatic heterocycles. The second-order valence-electron chi connectivity index (χ2n) is 5.52. The molecule has 5 heteroatoms. The fraction of sp³-hybridized carbons (Fsp3) is 0.786. The number of nitrogens with one attached hydrogen (secondary N) is 1. The Labute approximate surface area is 113 Å². The van der Waals surface area contributed by atoms with Crippen LogP contribution in [0.5, 0.6) is 0 Å². The van der Waals surface area contributed by atoms with Crippen molar-refractivity contribution in [2.24, 2.45) is 11.8 Å². The van der Waals surface area contributed by atoms with Crippen molar-refractivity contribution in [1.82, 2.24) is 10.2 Å². The summed E-state index contributed by atoms with van der Waals surface area (Å²) in [5.41, 5.74) is 0. The average molecular weight is 263 g/mol. The Kier molecular flexibility index (Phi) is 4.41. The van der Waals surface area contributed by atoms with E-state index in [1.165, 1.54) is 0 Å². The summed E-state index contributed by atoms with van der Waals surface area (Å²) < 4.78 is 0. The molecule has 0 aliphatic carbocycles. The van der Waals surface area contributed by atoms with Crippen LogP contribution >= 0.6 is 0 Å². The number of amides is 2. The summed E-state index contributed by atoms with van der Waals surface area (Å²) in [6, 6.07) is 2.34. The highest BCUT2D eigenvalue weighted by molar-refractivity contribution is 5.81. The summed E-state index contributed by atoms with van der Waals surface area (Å²) in [6.07, 6.45) is 3.70. The number of nitriles is 1. The average Bonchev–Trinajstić information content (AvgIpc) is 2.43. The predicted octanol–water partition coefficient (Wildman–Crippen LogP) is 1.05. The maximum absolute atomic E-state index is 12.3. The van der Waals surface area contributed by atoms with Crippen molar-refractivity contribution in [2.45, 2.75) is 45.1 Å². The van der Waals surface area contributed by atoms with Gasteiger partial charge in [-0.15, -0.1) is 0 Å². The third-order valence-corrected chi connectivity index (χ3v) is 4.17. The molecular weight excluding hydrogens is 242 g/mol. The van der Waals surface area contributed by atoms with Gasteiger partial charge in [0.05, 0.1) is 6.07 Å². The maximum Gasteiger partial charge on any atom is 0.239 e. The van der Waals surface area contributed by atoms with E-state index in [9.17, 15) is 9.59 Å². The molecule has 3 unspecified atom stereocenters. The van der Waals surface area contributed by atoms with Gasteiger partial charge in [-0.25, -0.2) is 0 Å². The lowest BCUT2D eigenvalue weighted by Gasteiger charge is -2.41. The quantitative estimate of drug-likeness (QED) is 0.827. The van der Waals surface area contributed by atoms with Gasteiger partial charge in [0.15, 0.2) is 0 Å². The standard InChI is InChI=1S/C14H21N3O2/c1-2-3-10(8-15)14(19)17-7-6-12-11(9-17)4-5-13(18)16-12/h10-12H,2-7,9H2,1H3,(H,16,18).